The van der Waals surface area contributed by atoms with Crippen molar-refractivity contribution in [1.82, 2.24) is 9.80 Å². The van der Waals surface area contributed by atoms with Gasteiger partial charge in [-0.15, -0.1) is 0 Å². The first-order chi connectivity index (χ1) is 19.6. The van der Waals surface area contributed by atoms with Gasteiger partial charge in [0.2, 0.25) is 0 Å². The molecule has 0 aliphatic carbocycles. The van der Waals surface area contributed by atoms with Crippen LogP contribution in [0.15, 0.2) is 121 Å². The lowest BCUT2D eigenvalue weighted by Crippen LogP contribution is -2.67. The molecule has 40 heavy (non-hydrogen) atoms. The highest BCUT2D eigenvalue weighted by molar-refractivity contribution is 5.77. The molecule has 0 saturated carbocycles. The van der Waals surface area contributed by atoms with Crippen molar-refractivity contribution in [1.29, 1.82) is 0 Å². The summed E-state index contributed by atoms with van der Waals surface area (Å²) < 4.78 is 6.19. The van der Waals surface area contributed by atoms with E-state index in [9.17, 15) is 9.59 Å². The minimum absolute atomic E-state index is 0.0323. The van der Waals surface area contributed by atoms with Crippen LogP contribution in [-0.2, 0) is 35.5 Å². The summed E-state index contributed by atoms with van der Waals surface area (Å²) in [5.74, 6) is -0.332. The van der Waals surface area contributed by atoms with Crippen molar-refractivity contribution in [3.63, 3.8) is 0 Å². The third kappa shape index (κ3) is 6.78. The first-order valence-corrected chi connectivity index (χ1v) is 14.0. The van der Waals surface area contributed by atoms with Gasteiger partial charge in [0.05, 0.1) is 12.1 Å². The summed E-state index contributed by atoms with van der Waals surface area (Å²) in [6, 6.07) is 39.9. The minimum atomic E-state index is -0.494. The Morgan fingerprint density at radius 1 is 0.625 bits per heavy atom. The van der Waals surface area contributed by atoms with Crippen molar-refractivity contribution in [3.8, 4) is 0 Å². The van der Waals surface area contributed by atoms with E-state index in [2.05, 4.69) is 24.3 Å². The lowest BCUT2D eigenvalue weighted by molar-refractivity contribution is -0.157. The average molecular weight is 533 g/mol. The number of urea groups is 1. The topological polar surface area (TPSA) is 49.9 Å². The first kappa shape index (κ1) is 27.2. The molecule has 3 atom stereocenters. The number of ether oxygens (including phenoxy) is 1. The molecule has 5 heteroatoms. The van der Waals surface area contributed by atoms with Gasteiger partial charge in [0, 0.05) is 20.0 Å². The summed E-state index contributed by atoms with van der Waals surface area (Å²) in [4.78, 5) is 30.9. The van der Waals surface area contributed by atoms with E-state index in [0.717, 1.165) is 23.1 Å². The van der Waals surface area contributed by atoms with Gasteiger partial charge in [-0.05, 0) is 41.5 Å². The molecule has 1 aliphatic rings. The van der Waals surface area contributed by atoms with Gasteiger partial charge >= 0.3 is 12.0 Å². The average Bonchev–Trinajstić information content (AvgIpc) is 2.99. The fraction of sp³-hybridized carbons (Fsp3) is 0.257. The van der Waals surface area contributed by atoms with Gasteiger partial charge in [-0.1, -0.05) is 121 Å². The summed E-state index contributed by atoms with van der Waals surface area (Å²) >= 11 is 0. The molecule has 1 fully saturated rings. The number of amides is 2. The van der Waals surface area contributed by atoms with E-state index in [1.807, 2.05) is 107 Å². The largest absolute Gasteiger partial charge is 0.458 e. The molecule has 4 aromatic rings. The Kier molecular flexibility index (Phi) is 8.92. The van der Waals surface area contributed by atoms with Gasteiger partial charge in [0.15, 0.2) is 0 Å². The van der Waals surface area contributed by atoms with E-state index < -0.39 is 6.10 Å². The number of carbonyl (C=O) groups is 2. The number of hydrogen-bond donors (Lipinski definition) is 0. The maximum atomic E-state index is 14.5. The molecule has 5 rings (SSSR count). The number of carbonyl (C=O) groups excluding carboxylic acids is 2. The van der Waals surface area contributed by atoms with Crippen molar-refractivity contribution >= 4 is 12.0 Å². The number of rotatable bonds is 10. The summed E-state index contributed by atoms with van der Waals surface area (Å²) in [6.45, 7) is 2.35. The van der Waals surface area contributed by atoms with Crippen LogP contribution in [0.1, 0.15) is 35.6 Å². The van der Waals surface area contributed by atoms with Crippen LogP contribution in [0.4, 0.5) is 4.79 Å². The Labute approximate surface area is 237 Å². The second-order valence-corrected chi connectivity index (χ2v) is 10.4. The molecule has 0 unspecified atom stereocenters. The van der Waals surface area contributed by atoms with E-state index >= 15 is 0 Å². The van der Waals surface area contributed by atoms with E-state index in [4.69, 9.17) is 4.74 Å². The summed E-state index contributed by atoms with van der Waals surface area (Å²) in [6.07, 6.45) is 1.56. The van der Waals surface area contributed by atoms with Crippen molar-refractivity contribution < 1.29 is 14.3 Å². The second kappa shape index (κ2) is 13.1. The second-order valence-electron chi connectivity index (χ2n) is 10.4. The van der Waals surface area contributed by atoms with E-state index in [-0.39, 0.29) is 24.1 Å². The molecular formula is C35H36N2O3. The predicted octanol–water partition coefficient (Wildman–Crippen LogP) is 6.67. The normalized spacial score (nSPS) is 18.9. The Morgan fingerprint density at radius 2 is 1.05 bits per heavy atom. The van der Waals surface area contributed by atoms with Crippen LogP contribution >= 0.6 is 0 Å². The fourth-order valence-electron chi connectivity index (χ4n) is 5.70. The van der Waals surface area contributed by atoms with Crippen LogP contribution in [0, 0.1) is 0 Å². The van der Waals surface area contributed by atoms with Crippen molar-refractivity contribution in [3.05, 3.63) is 144 Å². The summed E-state index contributed by atoms with van der Waals surface area (Å²) in [7, 11) is 0. The number of esters is 1. The fourth-order valence-corrected chi connectivity index (χ4v) is 5.70. The van der Waals surface area contributed by atoms with Crippen LogP contribution in [0.2, 0.25) is 0 Å². The molecule has 5 nitrogen and oxygen atoms in total. The smallest absolute Gasteiger partial charge is 0.321 e. The van der Waals surface area contributed by atoms with Gasteiger partial charge in [-0.2, -0.15) is 0 Å². The molecule has 0 N–H and O–H groups in total. The zero-order chi connectivity index (χ0) is 27.7. The van der Waals surface area contributed by atoms with Gasteiger partial charge in [-0.3, -0.25) is 4.79 Å². The SMILES string of the molecule is CC(=O)O[C@@H]1[C@@H](CCc2ccccc2)N(Cc2ccccc2)C(=O)N(Cc2ccccc2)[C@@H]1Cc1ccccc1. The standard InChI is InChI=1S/C35H36N2O3/c1-27(38)40-34-32(23-22-28-14-6-2-7-15-28)36(25-30-18-10-4-11-19-30)35(39)37(26-31-20-12-5-13-21-31)33(34)24-29-16-8-3-9-17-29/h2-21,32-34H,22-26H2,1H3/t32-,33-,34-/m1/s1. The monoisotopic (exact) mass is 532 g/mol. The van der Waals surface area contributed by atoms with Crippen molar-refractivity contribution in [2.45, 2.75) is 57.5 Å². The summed E-state index contributed by atoms with van der Waals surface area (Å²) in [5.41, 5.74) is 4.39. The van der Waals surface area contributed by atoms with Crippen LogP contribution in [0.25, 0.3) is 0 Å². The van der Waals surface area contributed by atoms with E-state index in [1.165, 1.54) is 12.5 Å². The molecule has 0 spiro atoms. The molecule has 0 bridgehead atoms. The van der Waals surface area contributed by atoms with Gasteiger partial charge in [0.1, 0.15) is 6.10 Å². The van der Waals surface area contributed by atoms with Gasteiger partial charge in [-0.25, -0.2) is 4.79 Å². The van der Waals surface area contributed by atoms with Crippen LogP contribution in [0.5, 0.6) is 0 Å². The Balaban J connectivity index is 1.56. The highest BCUT2D eigenvalue weighted by Gasteiger charge is 2.48. The predicted molar refractivity (Wildman–Crippen MR) is 157 cm³/mol. The molecule has 1 heterocycles. The molecular weight excluding hydrogens is 496 g/mol. The highest BCUT2D eigenvalue weighted by atomic mass is 16.5. The Bertz CT molecular complexity index is 1360. The third-order valence-electron chi connectivity index (χ3n) is 7.60. The lowest BCUT2D eigenvalue weighted by atomic mass is 9.87. The number of nitrogens with zero attached hydrogens (tertiary/aromatic N) is 2. The first-order valence-electron chi connectivity index (χ1n) is 14.0. The maximum absolute atomic E-state index is 14.5. The van der Waals surface area contributed by atoms with Crippen molar-refractivity contribution in [2.75, 3.05) is 0 Å². The molecule has 1 aliphatic heterocycles. The van der Waals surface area contributed by atoms with Crippen LogP contribution in [-0.4, -0.2) is 40.0 Å². The molecule has 0 radical (unpaired) electrons. The van der Waals surface area contributed by atoms with E-state index in [1.54, 1.807) is 0 Å². The minimum Gasteiger partial charge on any atom is -0.458 e. The number of hydrogen-bond acceptors (Lipinski definition) is 3. The lowest BCUT2D eigenvalue weighted by Gasteiger charge is -2.50. The maximum Gasteiger partial charge on any atom is 0.321 e. The zero-order valence-corrected chi connectivity index (χ0v) is 22.9. The molecule has 2 amide bonds. The highest BCUT2D eigenvalue weighted by Crippen LogP contribution is 2.33. The summed E-state index contributed by atoms with van der Waals surface area (Å²) in [5, 5.41) is 0. The molecule has 1 saturated heterocycles. The number of benzene rings is 4. The third-order valence-corrected chi connectivity index (χ3v) is 7.60. The molecule has 204 valence electrons. The van der Waals surface area contributed by atoms with Crippen LogP contribution in [0.3, 0.4) is 0 Å². The van der Waals surface area contributed by atoms with Gasteiger partial charge in [0.25, 0.3) is 0 Å². The molecule has 0 aromatic heterocycles. The zero-order valence-electron chi connectivity index (χ0n) is 22.9. The molecule has 4 aromatic carbocycles. The van der Waals surface area contributed by atoms with Gasteiger partial charge < -0.3 is 14.5 Å². The van der Waals surface area contributed by atoms with E-state index in [0.29, 0.717) is 25.9 Å². The number of aryl methyl sites for hydroxylation is 1. The quantitative estimate of drug-likeness (QED) is 0.214. The van der Waals surface area contributed by atoms with Crippen LogP contribution < -0.4 is 0 Å². The van der Waals surface area contributed by atoms with Crippen molar-refractivity contribution in [2.24, 2.45) is 0 Å². The Hall–Kier alpha value is -4.38. The Morgan fingerprint density at radius 3 is 1.52 bits per heavy atom.